The third-order valence-corrected chi connectivity index (χ3v) is 4.97. The van der Waals surface area contributed by atoms with E-state index in [1.165, 1.54) is 0 Å². The Balaban J connectivity index is 1.74. The highest BCUT2D eigenvalue weighted by molar-refractivity contribution is 7.16. The van der Waals surface area contributed by atoms with Crippen molar-refractivity contribution in [1.29, 1.82) is 0 Å². The lowest BCUT2D eigenvalue weighted by molar-refractivity contribution is 0.630. The fourth-order valence-electron chi connectivity index (χ4n) is 2.83. The molecular weight excluding hydrogens is 350 g/mol. The van der Waals surface area contributed by atoms with Crippen molar-refractivity contribution in [1.82, 2.24) is 9.38 Å². The van der Waals surface area contributed by atoms with Gasteiger partial charge in [0, 0.05) is 17.3 Å². The van der Waals surface area contributed by atoms with E-state index >= 15 is 0 Å². The summed E-state index contributed by atoms with van der Waals surface area (Å²) in [6.45, 7) is 6.47. The summed E-state index contributed by atoms with van der Waals surface area (Å²) in [5, 5.41) is 3.61. The van der Waals surface area contributed by atoms with E-state index in [-0.39, 0.29) is 5.54 Å². The normalized spacial score (nSPS) is 11.2. The van der Waals surface area contributed by atoms with Crippen molar-refractivity contribution < 1.29 is 0 Å². The molecule has 4 rings (SSSR count). The Morgan fingerprint density at radius 1 is 0.926 bits per heavy atom. The number of thiophene rings is 1. The number of pyridine rings is 1. The van der Waals surface area contributed by atoms with E-state index in [0.29, 0.717) is 0 Å². The summed E-state index contributed by atoms with van der Waals surface area (Å²) in [5.41, 5.74) is 2.86. The minimum absolute atomic E-state index is 0.0617. The van der Waals surface area contributed by atoms with Gasteiger partial charge in [-0.3, -0.25) is 4.40 Å². The van der Waals surface area contributed by atoms with Crippen LogP contribution in [-0.2, 0) is 0 Å². The van der Waals surface area contributed by atoms with Crippen LogP contribution in [0.25, 0.3) is 16.2 Å². The fraction of sp³-hybridized carbons (Fsp3) is 0.174. The van der Waals surface area contributed by atoms with Crippen LogP contribution in [0.5, 0.6) is 0 Å². The number of rotatable bonds is 2. The largest absolute Gasteiger partial charge is 0.365 e. The van der Waals surface area contributed by atoms with Crippen LogP contribution in [-0.4, -0.2) is 14.9 Å². The van der Waals surface area contributed by atoms with E-state index < -0.39 is 0 Å². The van der Waals surface area contributed by atoms with E-state index in [2.05, 4.69) is 54.5 Å². The molecule has 0 aliphatic carbocycles. The second-order valence-corrected chi connectivity index (χ2v) is 8.48. The molecule has 134 valence electrons. The maximum Gasteiger partial charge on any atom is 0.140 e. The van der Waals surface area contributed by atoms with Gasteiger partial charge in [-0.1, -0.05) is 36.1 Å². The first kappa shape index (κ1) is 17.4. The van der Waals surface area contributed by atoms with Gasteiger partial charge in [-0.15, -0.1) is 11.3 Å². The lowest BCUT2D eigenvalue weighted by Gasteiger charge is -2.22. The summed E-state index contributed by atoms with van der Waals surface area (Å²) in [7, 11) is 0. The summed E-state index contributed by atoms with van der Waals surface area (Å²) in [6, 6.07) is 20.3. The number of anilines is 1. The molecule has 1 N–H and O–H groups in total. The van der Waals surface area contributed by atoms with Crippen molar-refractivity contribution in [2.45, 2.75) is 26.3 Å². The molecule has 0 radical (unpaired) electrons. The number of hydrogen-bond donors (Lipinski definition) is 1. The average Bonchev–Trinajstić information content (AvgIpc) is 3.25. The predicted octanol–water partition coefficient (Wildman–Crippen LogP) is 5.67. The van der Waals surface area contributed by atoms with Gasteiger partial charge in [0.2, 0.25) is 0 Å². The van der Waals surface area contributed by atoms with Gasteiger partial charge in [0.1, 0.15) is 17.2 Å². The predicted molar refractivity (Wildman–Crippen MR) is 114 cm³/mol. The Morgan fingerprint density at radius 3 is 2.48 bits per heavy atom. The van der Waals surface area contributed by atoms with Gasteiger partial charge < -0.3 is 5.32 Å². The summed E-state index contributed by atoms with van der Waals surface area (Å²) in [5.74, 6) is 7.51. The molecule has 3 heterocycles. The molecule has 27 heavy (non-hydrogen) atoms. The number of nitrogens with one attached hydrogen (secondary N) is 1. The van der Waals surface area contributed by atoms with Crippen LogP contribution in [0.2, 0.25) is 0 Å². The Morgan fingerprint density at radius 2 is 1.70 bits per heavy atom. The first-order valence-electron chi connectivity index (χ1n) is 8.92. The number of nitrogens with zero attached hydrogens (tertiary/aromatic N) is 2. The van der Waals surface area contributed by atoms with Gasteiger partial charge in [0.15, 0.2) is 0 Å². The average molecular weight is 372 g/mol. The zero-order chi connectivity index (χ0) is 18.9. The van der Waals surface area contributed by atoms with Crippen molar-refractivity contribution in [3.05, 3.63) is 77.3 Å². The molecule has 0 saturated heterocycles. The highest BCUT2D eigenvalue weighted by Gasteiger charge is 2.20. The minimum Gasteiger partial charge on any atom is -0.365 e. The van der Waals surface area contributed by atoms with Crippen LogP contribution in [0, 0.1) is 11.8 Å². The molecule has 1 aromatic carbocycles. The molecule has 0 spiro atoms. The third kappa shape index (κ3) is 3.89. The second-order valence-electron chi connectivity index (χ2n) is 7.39. The van der Waals surface area contributed by atoms with Crippen molar-refractivity contribution in [3.63, 3.8) is 0 Å². The Hall–Kier alpha value is -3.03. The van der Waals surface area contributed by atoms with E-state index in [4.69, 9.17) is 4.98 Å². The quantitative estimate of drug-likeness (QED) is 0.460. The maximum absolute atomic E-state index is 4.86. The maximum atomic E-state index is 4.86. The molecule has 0 fully saturated rings. The highest BCUT2D eigenvalue weighted by Crippen LogP contribution is 2.34. The minimum atomic E-state index is -0.0617. The Labute approximate surface area is 163 Å². The van der Waals surface area contributed by atoms with Gasteiger partial charge >= 0.3 is 0 Å². The highest BCUT2D eigenvalue weighted by atomic mass is 32.1. The molecule has 0 atom stereocenters. The fourth-order valence-corrected chi connectivity index (χ4v) is 3.68. The molecule has 4 heteroatoms. The topological polar surface area (TPSA) is 29.3 Å². The van der Waals surface area contributed by atoms with Crippen LogP contribution in [0.1, 0.15) is 31.2 Å². The standard InChI is InChI=1S/C23H21N3S/c1-23(2,3)25-22-21(24-20-11-7-8-16-26(20)22)19-15-14-18(27-19)13-12-17-9-5-4-6-10-17/h4-11,14-16,25H,1-3H3. The summed E-state index contributed by atoms with van der Waals surface area (Å²) >= 11 is 1.67. The van der Waals surface area contributed by atoms with Crippen LogP contribution in [0.15, 0.2) is 66.9 Å². The zero-order valence-corrected chi connectivity index (χ0v) is 16.5. The Bertz CT molecular complexity index is 1140. The van der Waals surface area contributed by atoms with Gasteiger partial charge in [-0.25, -0.2) is 4.98 Å². The first-order chi connectivity index (χ1) is 13.0. The lowest BCUT2D eigenvalue weighted by Crippen LogP contribution is -2.27. The van der Waals surface area contributed by atoms with E-state index in [1.807, 2.05) is 54.7 Å². The zero-order valence-electron chi connectivity index (χ0n) is 15.7. The third-order valence-electron chi connectivity index (χ3n) is 3.97. The number of hydrogen-bond acceptors (Lipinski definition) is 3. The van der Waals surface area contributed by atoms with Gasteiger partial charge in [0.05, 0.1) is 9.75 Å². The monoisotopic (exact) mass is 371 g/mol. The van der Waals surface area contributed by atoms with Crippen LogP contribution in [0.4, 0.5) is 5.82 Å². The van der Waals surface area contributed by atoms with Crippen molar-refractivity contribution in [2.75, 3.05) is 5.32 Å². The van der Waals surface area contributed by atoms with E-state index in [0.717, 1.165) is 32.5 Å². The summed E-state index contributed by atoms with van der Waals surface area (Å²) in [6.07, 6.45) is 2.05. The summed E-state index contributed by atoms with van der Waals surface area (Å²) in [4.78, 5) is 7.01. The number of aromatic nitrogens is 2. The molecule has 4 aromatic rings. The molecule has 0 unspecified atom stereocenters. The molecule has 3 nitrogen and oxygen atoms in total. The molecule has 0 saturated carbocycles. The van der Waals surface area contributed by atoms with Crippen molar-refractivity contribution >= 4 is 22.8 Å². The Kier molecular flexibility index (Phi) is 4.47. The van der Waals surface area contributed by atoms with Crippen LogP contribution >= 0.6 is 11.3 Å². The van der Waals surface area contributed by atoms with E-state index in [9.17, 15) is 0 Å². The number of imidazole rings is 1. The molecule has 0 aliphatic rings. The van der Waals surface area contributed by atoms with Gasteiger partial charge in [-0.05, 0) is 57.2 Å². The molecule has 0 aliphatic heterocycles. The lowest BCUT2D eigenvalue weighted by atomic mass is 10.1. The van der Waals surface area contributed by atoms with Crippen molar-refractivity contribution in [2.24, 2.45) is 0 Å². The van der Waals surface area contributed by atoms with E-state index in [1.54, 1.807) is 11.3 Å². The summed E-state index contributed by atoms with van der Waals surface area (Å²) < 4.78 is 2.11. The molecular formula is C23H21N3S. The molecule has 0 amide bonds. The van der Waals surface area contributed by atoms with Gasteiger partial charge in [-0.2, -0.15) is 0 Å². The van der Waals surface area contributed by atoms with Crippen LogP contribution < -0.4 is 5.32 Å². The molecule has 3 aromatic heterocycles. The smallest absolute Gasteiger partial charge is 0.140 e. The van der Waals surface area contributed by atoms with Crippen LogP contribution in [0.3, 0.4) is 0 Å². The number of fused-ring (bicyclic) bond motifs is 1. The number of benzene rings is 1. The van der Waals surface area contributed by atoms with Crippen molar-refractivity contribution in [3.8, 4) is 22.4 Å². The SMILES string of the molecule is CC(C)(C)Nc1c(-c2ccc(C#Cc3ccccc3)s2)nc2ccccn12. The molecule has 0 bridgehead atoms. The second kappa shape index (κ2) is 6.94. The van der Waals surface area contributed by atoms with Gasteiger partial charge in [0.25, 0.3) is 0 Å². The first-order valence-corrected chi connectivity index (χ1v) is 9.74.